The van der Waals surface area contributed by atoms with E-state index in [0.29, 0.717) is 28.3 Å². The van der Waals surface area contributed by atoms with Gasteiger partial charge in [-0.2, -0.15) is 0 Å². The number of aromatic nitrogens is 4. The van der Waals surface area contributed by atoms with Gasteiger partial charge in [-0.15, -0.1) is 5.10 Å². The molecule has 0 unspecified atom stereocenters. The Labute approximate surface area is 146 Å². The van der Waals surface area contributed by atoms with Gasteiger partial charge in [0, 0.05) is 22.8 Å². The van der Waals surface area contributed by atoms with Crippen LogP contribution in [0.25, 0.3) is 22.3 Å². The predicted molar refractivity (Wildman–Crippen MR) is 91.2 cm³/mol. The molecule has 0 saturated heterocycles. The molecule has 0 radical (unpaired) electrons. The Balaban J connectivity index is 1.61. The zero-order valence-electron chi connectivity index (χ0n) is 12.8. The van der Waals surface area contributed by atoms with E-state index in [0.717, 1.165) is 11.1 Å². The lowest BCUT2D eigenvalue weighted by atomic mass is 10.1. The van der Waals surface area contributed by atoms with Gasteiger partial charge >= 0.3 is 0 Å². The highest BCUT2D eigenvalue weighted by molar-refractivity contribution is 6.30. The highest BCUT2D eigenvalue weighted by Gasteiger charge is 2.09. The number of rotatable bonds is 3. The van der Waals surface area contributed by atoms with Gasteiger partial charge in [0.1, 0.15) is 17.2 Å². The average molecular weight is 357 g/mol. The van der Waals surface area contributed by atoms with Crippen molar-refractivity contribution < 1.29 is 8.78 Å². The molecular formula is C18H11ClF2N4. The Kier molecular flexibility index (Phi) is 3.89. The molecule has 0 spiro atoms. The minimum atomic E-state index is -0.419. The zero-order valence-corrected chi connectivity index (χ0v) is 13.6. The van der Waals surface area contributed by atoms with Crippen molar-refractivity contribution in [3.63, 3.8) is 0 Å². The Morgan fingerprint density at radius 2 is 1.88 bits per heavy atom. The van der Waals surface area contributed by atoms with E-state index in [9.17, 15) is 8.78 Å². The molecule has 0 fully saturated rings. The quantitative estimate of drug-likeness (QED) is 0.544. The van der Waals surface area contributed by atoms with Gasteiger partial charge in [0.2, 0.25) is 0 Å². The number of hydrogen-bond donors (Lipinski definition) is 0. The largest absolute Gasteiger partial charge is 0.256 e. The lowest BCUT2D eigenvalue weighted by Gasteiger charge is -2.06. The van der Waals surface area contributed by atoms with Gasteiger partial charge in [-0.05, 0) is 42.0 Å². The summed E-state index contributed by atoms with van der Waals surface area (Å²) in [6.45, 7) is 0.429. The molecule has 0 atom stereocenters. The predicted octanol–water partition coefficient (Wildman–Crippen LogP) is 4.47. The summed E-state index contributed by atoms with van der Waals surface area (Å²) in [5.41, 5.74) is 3.00. The van der Waals surface area contributed by atoms with Gasteiger partial charge in [-0.25, -0.2) is 13.5 Å². The summed E-state index contributed by atoms with van der Waals surface area (Å²) in [6.07, 6.45) is 1.65. The molecule has 0 N–H and O–H groups in total. The van der Waals surface area contributed by atoms with Crippen LogP contribution in [0, 0.1) is 11.6 Å². The molecular weight excluding hydrogens is 346 g/mol. The molecule has 4 nitrogen and oxygen atoms in total. The SMILES string of the molecule is Fc1ccc2c(c1)nnn2Cc1ccc(-c2ccc(Cl)cc2F)nc1. The molecule has 7 heteroatoms. The molecule has 0 aliphatic heterocycles. The molecule has 4 rings (SSSR count). The molecule has 0 amide bonds. The minimum Gasteiger partial charge on any atom is -0.256 e. The first kappa shape index (κ1) is 15.7. The van der Waals surface area contributed by atoms with Crippen molar-refractivity contribution in [2.75, 3.05) is 0 Å². The van der Waals surface area contributed by atoms with Gasteiger partial charge in [0.15, 0.2) is 0 Å². The van der Waals surface area contributed by atoms with Crippen LogP contribution in [-0.2, 0) is 6.54 Å². The van der Waals surface area contributed by atoms with Crippen LogP contribution >= 0.6 is 11.6 Å². The van der Waals surface area contributed by atoms with Crippen LogP contribution in [-0.4, -0.2) is 20.0 Å². The van der Waals surface area contributed by atoms with Crippen LogP contribution in [0.2, 0.25) is 5.02 Å². The van der Waals surface area contributed by atoms with Crippen LogP contribution in [0.15, 0.2) is 54.7 Å². The van der Waals surface area contributed by atoms with E-state index in [4.69, 9.17) is 11.6 Å². The van der Waals surface area contributed by atoms with E-state index in [1.165, 1.54) is 18.2 Å². The molecule has 0 aliphatic rings. The summed E-state index contributed by atoms with van der Waals surface area (Å²) in [7, 11) is 0. The molecule has 2 aromatic heterocycles. The fourth-order valence-electron chi connectivity index (χ4n) is 2.61. The van der Waals surface area contributed by atoms with Crippen LogP contribution in [0.5, 0.6) is 0 Å². The van der Waals surface area contributed by atoms with Crippen molar-refractivity contribution in [3.8, 4) is 11.3 Å². The van der Waals surface area contributed by atoms with Gasteiger partial charge in [-0.3, -0.25) is 4.98 Å². The first-order chi connectivity index (χ1) is 12.1. The second-order valence-corrected chi connectivity index (χ2v) is 5.99. The lowest BCUT2D eigenvalue weighted by Crippen LogP contribution is -2.02. The van der Waals surface area contributed by atoms with Crippen molar-refractivity contribution in [1.82, 2.24) is 20.0 Å². The van der Waals surface area contributed by atoms with Crippen molar-refractivity contribution >= 4 is 22.6 Å². The van der Waals surface area contributed by atoms with Crippen molar-refractivity contribution in [2.45, 2.75) is 6.54 Å². The maximum Gasteiger partial charge on any atom is 0.134 e. The van der Waals surface area contributed by atoms with E-state index in [1.807, 2.05) is 6.07 Å². The van der Waals surface area contributed by atoms with E-state index in [-0.39, 0.29) is 5.82 Å². The summed E-state index contributed by atoms with van der Waals surface area (Å²) >= 11 is 5.77. The van der Waals surface area contributed by atoms with Crippen molar-refractivity contribution in [3.05, 3.63) is 76.9 Å². The number of hydrogen-bond acceptors (Lipinski definition) is 3. The Morgan fingerprint density at radius 1 is 1.00 bits per heavy atom. The zero-order chi connectivity index (χ0) is 17.4. The van der Waals surface area contributed by atoms with Crippen molar-refractivity contribution in [1.29, 1.82) is 0 Å². The third-order valence-corrected chi connectivity index (χ3v) is 4.08. The number of nitrogens with zero attached hydrogens (tertiary/aromatic N) is 4. The Morgan fingerprint density at radius 3 is 2.64 bits per heavy atom. The second-order valence-electron chi connectivity index (χ2n) is 5.56. The Bertz CT molecular complexity index is 1060. The first-order valence-corrected chi connectivity index (χ1v) is 7.87. The summed E-state index contributed by atoms with van der Waals surface area (Å²) in [6, 6.07) is 12.4. The first-order valence-electron chi connectivity index (χ1n) is 7.49. The summed E-state index contributed by atoms with van der Waals surface area (Å²) in [5.74, 6) is -0.771. The van der Waals surface area contributed by atoms with E-state index < -0.39 is 5.82 Å². The maximum atomic E-state index is 14.0. The number of halogens is 3. The number of fused-ring (bicyclic) bond motifs is 1. The summed E-state index contributed by atoms with van der Waals surface area (Å²) in [4.78, 5) is 4.31. The summed E-state index contributed by atoms with van der Waals surface area (Å²) < 4.78 is 28.8. The maximum absolute atomic E-state index is 14.0. The highest BCUT2D eigenvalue weighted by Crippen LogP contribution is 2.24. The van der Waals surface area contributed by atoms with E-state index in [1.54, 1.807) is 35.1 Å². The molecule has 2 aromatic carbocycles. The molecule has 4 aromatic rings. The van der Waals surface area contributed by atoms with Crippen molar-refractivity contribution in [2.24, 2.45) is 0 Å². The monoisotopic (exact) mass is 356 g/mol. The van der Waals surface area contributed by atoms with Crippen LogP contribution in [0.1, 0.15) is 5.56 Å². The number of pyridine rings is 1. The van der Waals surface area contributed by atoms with E-state index >= 15 is 0 Å². The standard InChI is InChI=1S/C18H11ClF2N4/c19-12-2-4-14(15(21)7-12)16-5-1-11(9-22-16)10-25-18-6-3-13(20)8-17(18)23-24-25/h1-9H,10H2. The summed E-state index contributed by atoms with van der Waals surface area (Å²) in [5, 5.41) is 8.32. The molecule has 0 aliphatic carbocycles. The fraction of sp³-hybridized carbons (Fsp3) is 0.0556. The van der Waals surface area contributed by atoms with Crippen LogP contribution in [0.4, 0.5) is 8.78 Å². The van der Waals surface area contributed by atoms with E-state index in [2.05, 4.69) is 15.3 Å². The highest BCUT2D eigenvalue weighted by atomic mass is 35.5. The third kappa shape index (κ3) is 3.08. The van der Waals surface area contributed by atoms with Gasteiger partial charge in [-0.1, -0.05) is 22.9 Å². The van der Waals surface area contributed by atoms with Gasteiger partial charge in [0.25, 0.3) is 0 Å². The Hall–Kier alpha value is -2.86. The molecule has 2 heterocycles. The van der Waals surface area contributed by atoms with Gasteiger partial charge < -0.3 is 0 Å². The average Bonchev–Trinajstić information content (AvgIpc) is 2.98. The fourth-order valence-corrected chi connectivity index (χ4v) is 2.77. The van der Waals surface area contributed by atoms with Crippen LogP contribution in [0.3, 0.4) is 0 Å². The van der Waals surface area contributed by atoms with Crippen LogP contribution < -0.4 is 0 Å². The minimum absolute atomic E-state index is 0.340. The number of benzene rings is 2. The molecule has 124 valence electrons. The molecule has 25 heavy (non-hydrogen) atoms. The topological polar surface area (TPSA) is 43.6 Å². The lowest BCUT2D eigenvalue weighted by molar-refractivity contribution is 0.629. The smallest absolute Gasteiger partial charge is 0.134 e. The molecule has 0 bridgehead atoms. The molecule has 0 saturated carbocycles. The van der Waals surface area contributed by atoms with Gasteiger partial charge in [0.05, 0.1) is 17.8 Å². The normalized spacial score (nSPS) is 11.2. The second kappa shape index (κ2) is 6.22. The third-order valence-electron chi connectivity index (χ3n) is 3.84.